The quantitative estimate of drug-likeness (QED) is 0.157. The van der Waals surface area contributed by atoms with Crippen molar-refractivity contribution in [2.75, 3.05) is 66.1 Å². The molecular formula is C49H62ClFN10O5S. The second kappa shape index (κ2) is 21.4. The number of aromatic nitrogens is 3. The number of piperazine rings is 1. The van der Waals surface area contributed by atoms with Crippen LogP contribution in [0.15, 0.2) is 65.1 Å². The molecule has 1 aromatic carbocycles. The first-order chi connectivity index (χ1) is 32.3. The number of carbonyl (C=O) groups is 4. The molecule has 18 heteroatoms. The normalized spacial score (nSPS) is 21.3. The van der Waals surface area contributed by atoms with Gasteiger partial charge in [0, 0.05) is 72.3 Å². The number of aryl methyl sites for hydroxylation is 2. The zero-order valence-electron chi connectivity index (χ0n) is 39.0. The van der Waals surface area contributed by atoms with E-state index in [0.29, 0.717) is 54.5 Å². The minimum Gasteiger partial charge on any atom is -0.378 e. The Morgan fingerprint density at radius 2 is 1.61 bits per heavy atom. The summed E-state index contributed by atoms with van der Waals surface area (Å²) in [5, 5.41) is 19.6. The molecule has 3 aromatic rings. The van der Waals surface area contributed by atoms with E-state index in [-0.39, 0.29) is 86.7 Å². The molecule has 3 unspecified atom stereocenters. The summed E-state index contributed by atoms with van der Waals surface area (Å²) in [5.41, 5.74) is 4.11. The molecule has 15 nitrogen and oxygen atoms in total. The van der Waals surface area contributed by atoms with Crippen LogP contribution in [0.3, 0.4) is 0 Å². The van der Waals surface area contributed by atoms with Gasteiger partial charge >= 0.3 is 0 Å². The molecule has 2 aromatic heterocycles. The number of aliphatic imine (C=N–C) groups is 1. The van der Waals surface area contributed by atoms with E-state index >= 15 is 0 Å². The van der Waals surface area contributed by atoms with Gasteiger partial charge < -0.3 is 35.4 Å². The number of halogens is 2. The van der Waals surface area contributed by atoms with Crippen molar-refractivity contribution < 1.29 is 28.3 Å². The molecule has 2 aliphatic carbocycles. The number of nitrogens with zero attached hydrogens (tertiary/aromatic N) is 7. The molecule has 0 spiro atoms. The van der Waals surface area contributed by atoms with Gasteiger partial charge in [-0.05, 0) is 89.4 Å². The fourth-order valence-corrected chi connectivity index (χ4v) is 11.5. The first kappa shape index (κ1) is 48.2. The molecule has 0 radical (unpaired) electrons. The van der Waals surface area contributed by atoms with Crippen molar-refractivity contribution in [3.8, 4) is 5.00 Å². The fourth-order valence-electron chi connectivity index (χ4n) is 10.2. The van der Waals surface area contributed by atoms with Crippen molar-refractivity contribution in [1.82, 2.24) is 45.4 Å². The van der Waals surface area contributed by atoms with E-state index in [2.05, 4.69) is 46.9 Å². The molecule has 5 aliphatic rings. The number of carbonyl (C=O) groups excluding carboxylic acids is 4. The Morgan fingerprint density at radius 1 is 0.925 bits per heavy atom. The van der Waals surface area contributed by atoms with Gasteiger partial charge in [-0.2, -0.15) is 0 Å². The smallest absolute Gasteiger partial charge is 0.269 e. The molecule has 3 N–H and O–H groups in total. The van der Waals surface area contributed by atoms with E-state index in [1.807, 2.05) is 47.7 Å². The van der Waals surface area contributed by atoms with Crippen LogP contribution in [0.4, 0.5) is 4.39 Å². The molecule has 4 amide bonds. The highest BCUT2D eigenvalue weighted by atomic mass is 35.5. The Bertz CT molecular complexity index is 2450. The lowest BCUT2D eigenvalue weighted by molar-refractivity contribution is -0.144. The maximum Gasteiger partial charge on any atom is 0.269 e. The highest BCUT2D eigenvalue weighted by Crippen LogP contribution is 2.40. The van der Waals surface area contributed by atoms with Crippen LogP contribution < -0.4 is 16.0 Å². The molecule has 8 rings (SSSR count). The van der Waals surface area contributed by atoms with Gasteiger partial charge in [0.1, 0.15) is 28.4 Å². The number of ether oxygens (including phenoxy) is 1. The van der Waals surface area contributed by atoms with Gasteiger partial charge in [0.15, 0.2) is 5.82 Å². The number of amides is 4. The van der Waals surface area contributed by atoms with Gasteiger partial charge in [-0.3, -0.25) is 28.7 Å². The maximum absolute atomic E-state index is 14.4. The third-order valence-corrected chi connectivity index (χ3v) is 15.4. The number of nitrogens with one attached hydrogen (secondary N) is 3. The van der Waals surface area contributed by atoms with Gasteiger partial charge in [-0.15, -0.1) is 21.5 Å². The van der Waals surface area contributed by atoms with E-state index in [9.17, 15) is 23.6 Å². The summed E-state index contributed by atoms with van der Waals surface area (Å²) < 4.78 is 22.2. The Balaban J connectivity index is 0.811. The topological polar surface area (TPSA) is 166 Å². The van der Waals surface area contributed by atoms with Gasteiger partial charge in [0.05, 0.1) is 43.9 Å². The average Bonchev–Trinajstić information content (AvgIpc) is 3.95. The highest BCUT2D eigenvalue weighted by Gasteiger charge is 2.41. The summed E-state index contributed by atoms with van der Waals surface area (Å²) in [6.07, 6.45) is 12.0. The average molecular weight is 958 g/mol. The van der Waals surface area contributed by atoms with E-state index in [0.717, 1.165) is 58.0 Å². The summed E-state index contributed by atoms with van der Waals surface area (Å²) in [6.45, 7) is 10.5. The molecule has 67 heavy (non-hydrogen) atoms. The molecule has 1 saturated carbocycles. The number of allylic oxidation sites excluding steroid dienone is 2. The van der Waals surface area contributed by atoms with Gasteiger partial charge in [0.25, 0.3) is 5.91 Å². The first-order valence-electron chi connectivity index (χ1n) is 23.6. The molecule has 2 fully saturated rings. The lowest BCUT2D eigenvalue weighted by Gasteiger charge is -2.41. The Kier molecular flexibility index (Phi) is 15.4. The molecule has 1 saturated heterocycles. The van der Waals surface area contributed by atoms with Gasteiger partial charge in [-0.1, -0.05) is 49.1 Å². The first-order valence-corrected chi connectivity index (χ1v) is 24.8. The van der Waals surface area contributed by atoms with Crippen LogP contribution in [0.25, 0.3) is 5.00 Å². The minimum absolute atomic E-state index is 0.0418. The molecule has 358 valence electrons. The summed E-state index contributed by atoms with van der Waals surface area (Å²) in [6, 6.07) is 6.60. The summed E-state index contributed by atoms with van der Waals surface area (Å²) in [4.78, 5) is 66.5. The number of thiophene rings is 1. The zero-order valence-corrected chi connectivity index (χ0v) is 40.6. The van der Waals surface area contributed by atoms with Crippen molar-refractivity contribution in [2.45, 2.75) is 84.3 Å². The largest absolute Gasteiger partial charge is 0.378 e. The van der Waals surface area contributed by atoms with Crippen LogP contribution in [0.5, 0.6) is 0 Å². The number of benzene rings is 1. The SMILES string of the molecule is CN[C@@H](C)C(C(=O)N1CCN(C(=O)C2=CC3C=C(F)C=CC3N2CC(=O)NCCOCCNC(=O)C[C@@H]2N=C(c3ccc(Cl)cc3)c3c(sc(C)c3C)-n3c(C)nnc32)CC1)C1CCCCC1. The van der Waals surface area contributed by atoms with E-state index in [1.54, 1.807) is 33.3 Å². The second-order valence-corrected chi connectivity index (χ2v) is 19.8. The molecule has 5 atom stereocenters. The van der Waals surface area contributed by atoms with Crippen LogP contribution in [-0.4, -0.2) is 137 Å². The number of hydrogen-bond donors (Lipinski definition) is 3. The van der Waals surface area contributed by atoms with Crippen molar-refractivity contribution >= 4 is 52.3 Å². The van der Waals surface area contributed by atoms with Crippen LogP contribution >= 0.6 is 22.9 Å². The molecular weight excluding hydrogens is 895 g/mol. The minimum atomic E-state index is -0.602. The molecule has 3 aliphatic heterocycles. The summed E-state index contributed by atoms with van der Waals surface area (Å²) >= 11 is 7.89. The van der Waals surface area contributed by atoms with Gasteiger partial charge in [-0.25, -0.2) is 4.39 Å². The third-order valence-electron chi connectivity index (χ3n) is 13.9. The Morgan fingerprint density at radius 3 is 2.31 bits per heavy atom. The monoisotopic (exact) mass is 956 g/mol. The fraction of sp³-hybridized carbons (Fsp3) is 0.531. The van der Waals surface area contributed by atoms with Crippen LogP contribution in [0.1, 0.15) is 84.7 Å². The summed E-state index contributed by atoms with van der Waals surface area (Å²) in [5.74, 6) is 0.146. The predicted molar refractivity (Wildman–Crippen MR) is 257 cm³/mol. The zero-order chi connectivity index (χ0) is 47.4. The van der Waals surface area contributed by atoms with Crippen molar-refractivity contribution in [2.24, 2.45) is 22.7 Å². The second-order valence-electron chi connectivity index (χ2n) is 18.2. The van der Waals surface area contributed by atoms with E-state index < -0.39 is 12.0 Å². The van der Waals surface area contributed by atoms with Crippen LogP contribution in [0.2, 0.25) is 5.02 Å². The highest BCUT2D eigenvalue weighted by molar-refractivity contribution is 7.15. The standard InChI is InChI=1S/C49H62ClFN10O5S/c1-29-31(3)67-49-43(29)45(34-11-13-36(50)14-12-34)55-38(46-57-56-32(4)61(46)49)27-41(62)53-17-23-66-24-18-54-42(63)28-60-39-16-15-37(51)25-35(39)26-40(60)47(64)58-19-21-59(22-20-58)48(65)44(30(2)52-5)33-9-7-6-8-10-33/h11-16,25-26,30,33,35,38-39,44,52H,6-10,17-24,27-28H2,1-5H3,(H,53,62)(H,54,63)/t30-,35?,38-,39?,44?/m0/s1. The van der Waals surface area contributed by atoms with Crippen molar-refractivity contribution in [3.05, 3.63) is 98.3 Å². The van der Waals surface area contributed by atoms with Gasteiger partial charge in [0.2, 0.25) is 17.7 Å². The number of rotatable bonds is 16. The third kappa shape index (κ3) is 10.6. The van der Waals surface area contributed by atoms with E-state index in [1.165, 1.54) is 18.6 Å². The predicted octanol–water partition coefficient (Wildman–Crippen LogP) is 5.52. The van der Waals surface area contributed by atoms with Crippen molar-refractivity contribution in [3.63, 3.8) is 0 Å². The van der Waals surface area contributed by atoms with Crippen LogP contribution in [0, 0.1) is 38.5 Å². The lowest BCUT2D eigenvalue weighted by Crippen LogP contribution is -2.56. The molecule has 5 heterocycles. The Labute approximate surface area is 400 Å². The lowest BCUT2D eigenvalue weighted by atomic mass is 9.76. The summed E-state index contributed by atoms with van der Waals surface area (Å²) in [7, 11) is 1.91. The maximum atomic E-state index is 14.4. The Hall–Kier alpha value is -5.23. The molecule has 0 bridgehead atoms. The van der Waals surface area contributed by atoms with Crippen LogP contribution in [-0.2, 0) is 23.9 Å². The number of hydrogen-bond acceptors (Lipinski definition) is 11. The number of fused-ring (bicyclic) bond motifs is 4. The van der Waals surface area contributed by atoms with Crippen molar-refractivity contribution in [1.29, 1.82) is 0 Å². The van der Waals surface area contributed by atoms with E-state index in [4.69, 9.17) is 21.3 Å².